The van der Waals surface area contributed by atoms with Crippen LogP contribution in [0.15, 0.2) is 18.2 Å². The number of methoxy groups -OCH3 is 1. The maximum absolute atomic E-state index is 10.8. The van der Waals surface area contributed by atoms with Crippen molar-refractivity contribution in [3.63, 3.8) is 0 Å². The summed E-state index contributed by atoms with van der Waals surface area (Å²) in [6.07, 6.45) is -0.132. The molecule has 1 amide bonds. The third kappa shape index (κ3) is 1.28. The number of rotatable bonds is 1. The molecule has 4 nitrogen and oxygen atoms in total. The Morgan fingerprint density at radius 3 is 3.00 bits per heavy atom. The minimum atomic E-state index is -0.895. The van der Waals surface area contributed by atoms with Crippen LogP contribution >= 0.6 is 0 Å². The summed E-state index contributed by atoms with van der Waals surface area (Å²) in [7, 11) is 1.60. The summed E-state index contributed by atoms with van der Waals surface area (Å²) in [6, 6.07) is 5.45. The molecule has 1 heterocycles. The van der Waals surface area contributed by atoms with Crippen molar-refractivity contribution in [2.45, 2.75) is 6.42 Å². The molecule has 1 aromatic carbocycles. The van der Waals surface area contributed by atoms with Crippen molar-refractivity contribution in [3.05, 3.63) is 23.8 Å². The molecule has 0 aromatic heterocycles. The van der Waals surface area contributed by atoms with Gasteiger partial charge in [0.1, 0.15) is 5.75 Å². The smallest absolute Gasteiger partial charge is 0.411 e. The van der Waals surface area contributed by atoms with Gasteiger partial charge in [0.15, 0.2) is 0 Å². The minimum Gasteiger partial charge on any atom is -0.497 e. The second-order valence-corrected chi connectivity index (χ2v) is 3.18. The standard InChI is InChI=1S/C10H11NO3/c1-14-8-2-3-9-7(6-8)4-5-11(9)10(12)13/h2-3,6H,4-5H2,1H3,(H,12,13). The van der Waals surface area contributed by atoms with Crippen molar-refractivity contribution in [3.8, 4) is 5.75 Å². The Labute approximate surface area is 81.7 Å². The fraction of sp³-hybridized carbons (Fsp3) is 0.300. The van der Waals surface area contributed by atoms with Gasteiger partial charge in [-0.2, -0.15) is 0 Å². The van der Waals surface area contributed by atoms with E-state index >= 15 is 0 Å². The summed E-state index contributed by atoms with van der Waals surface area (Å²) < 4.78 is 5.07. The summed E-state index contributed by atoms with van der Waals surface area (Å²) in [5, 5.41) is 8.88. The van der Waals surface area contributed by atoms with Gasteiger partial charge < -0.3 is 9.84 Å². The van der Waals surface area contributed by atoms with Crippen LogP contribution in [-0.2, 0) is 6.42 Å². The second kappa shape index (κ2) is 3.21. The first-order chi connectivity index (χ1) is 6.72. The Bertz CT molecular complexity index is 376. The molecule has 0 spiro atoms. The summed E-state index contributed by atoms with van der Waals surface area (Å²) in [5.41, 5.74) is 1.81. The third-order valence-corrected chi connectivity index (χ3v) is 2.41. The largest absolute Gasteiger partial charge is 0.497 e. The van der Waals surface area contributed by atoms with Gasteiger partial charge in [0, 0.05) is 6.54 Å². The van der Waals surface area contributed by atoms with Gasteiger partial charge in [0.05, 0.1) is 12.8 Å². The van der Waals surface area contributed by atoms with Crippen LogP contribution in [0.1, 0.15) is 5.56 Å². The van der Waals surface area contributed by atoms with Crippen LogP contribution < -0.4 is 9.64 Å². The lowest BCUT2D eigenvalue weighted by atomic mass is 10.1. The number of carboxylic acid groups (broad SMARTS) is 1. The molecule has 14 heavy (non-hydrogen) atoms. The molecule has 0 fully saturated rings. The van der Waals surface area contributed by atoms with E-state index in [1.165, 1.54) is 4.90 Å². The number of hydrogen-bond acceptors (Lipinski definition) is 2. The molecule has 74 valence electrons. The Kier molecular flexibility index (Phi) is 2.04. The highest BCUT2D eigenvalue weighted by Crippen LogP contribution is 2.30. The lowest BCUT2D eigenvalue weighted by molar-refractivity contribution is 0.202. The molecule has 1 aliphatic heterocycles. The molecule has 0 radical (unpaired) electrons. The zero-order valence-electron chi connectivity index (χ0n) is 7.86. The van der Waals surface area contributed by atoms with E-state index in [1.807, 2.05) is 6.07 Å². The van der Waals surface area contributed by atoms with Crippen LogP contribution in [-0.4, -0.2) is 24.9 Å². The van der Waals surface area contributed by atoms with Crippen LogP contribution in [0.2, 0.25) is 0 Å². The van der Waals surface area contributed by atoms with Gasteiger partial charge in [-0.15, -0.1) is 0 Å². The monoisotopic (exact) mass is 193 g/mol. The molecule has 0 unspecified atom stereocenters. The number of fused-ring (bicyclic) bond motifs is 1. The van der Waals surface area contributed by atoms with Crippen LogP contribution in [0.25, 0.3) is 0 Å². The lowest BCUT2D eigenvalue weighted by Gasteiger charge is -2.12. The van der Waals surface area contributed by atoms with Crippen LogP contribution in [0.5, 0.6) is 5.75 Å². The summed E-state index contributed by atoms with van der Waals surface area (Å²) in [5.74, 6) is 0.774. The Balaban J connectivity index is 2.38. The predicted octanol–water partition coefficient (Wildman–Crippen LogP) is 1.74. The first kappa shape index (κ1) is 8.87. The lowest BCUT2D eigenvalue weighted by Crippen LogP contribution is -2.26. The molecule has 0 aliphatic carbocycles. The molecule has 0 saturated heterocycles. The molecule has 1 N–H and O–H groups in total. The van der Waals surface area contributed by atoms with Crippen molar-refractivity contribution in [1.29, 1.82) is 0 Å². The molecular formula is C10H11NO3. The van der Waals surface area contributed by atoms with E-state index in [4.69, 9.17) is 9.84 Å². The summed E-state index contributed by atoms with van der Waals surface area (Å²) in [4.78, 5) is 12.2. The van der Waals surface area contributed by atoms with Gasteiger partial charge in [-0.1, -0.05) is 0 Å². The molecule has 0 atom stereocenters. The third-order valence-electron chi connectivity index (χ3n) is 2.41. The van der Waals surface area contributed by atoms with Crippen molar-refractivity contribution in [2.75, 3.05) is 18.6 Å². The topological polar surface area (TPSA) is 49.8 Å². The quantitative estimate of drug-likeness (QED) is 0.739. The molecule has 4 heteroatoms. The summed E-state index contributed by atoms with van der Waals surface area (Å²) >= 11 is 0. The number of ether oxygens (including phenoxy) is 1. The maximum atomic E-state index is 10.8. The number of anilines is 1. The molecular weight excluding hydrogens is 182 g/mol. The van der Waals surface area contributed by atoms with Crippen molar-refractivity contribution < 1.29 is 14.6 Å². The molecule has 1 aromatic rings. The van der Waals surface area contributed by atoms with E-state index in [-0.39, 0.29) is 0 Å². The minimum absolute atomic E-state index is 0.540. The Hall–Kier alpha value is -1.71. The van der Waals surface area contributed by atoms with Gasteiger partial charge in [0.2, 0.25) is 0 Å². The Morgan fingerprint density at radius 1 is 1.57 bits per heavy atom. The van der Waals surface area contributed by atoms with Crippen molar-refractivity contribution in [1.82, 2.24) is 0 Å². The molecule has 1 aliphatic rings. The first-order valence-corrected chi connectivity index (χ1v) is 4.40. The highest BCUT2D eigenvalue weighted by atomic mass is 16.5. The van der Waals surface area contributed by atoms with E-state index in [0.29, 0.717) is 6.54 Å². The molecule has 2 rings (SSSR count). The van der Waals surface area contributed by atoms with Gasteiger partial charge >= 0.3 is 6.09 Å². The van der Waals surface area contributed by atoms with E-state index in [9.17, 15) is 4.79 Å². The predicted molar refractivity (Wildman–Crippen MR) is 52.1 cm³/mol. The second-order valence-electron chi connectivity index (χ2n) is 3.18. The molecule has 0 bridgehead atoms. The molecule has 0 saturated carbocycles. The summed E-state index contributed by atoms with van der Waals surface area (Å²) in [6.45, 7) is 0.540. The first-order valence-electron chi connectivity index (χ1n) is 4.40. The number of amides is 1. The van der Waals surface area contributed by atoms with Crippen LogP contribution in [0.3, 0.4) is 0 Å². The van der Waals surface area contributed by atoms with Crippen LogP contribution in [0.4, 0.5) is 10.5 Å². The average molecular weight is 193 g/mol. The SMILES string of the molecule is COc1ccc2c(c1)CCN2C(=O)O. The highest BCUT2D eigenvalue weighted by molar-refractivity contribution is 5.89. The number of benzene rings is 1. The van der Waals surface area contributed by atoms with E-state index in [0.717, 1.165) is 23.4 Å². The Morgan fingerprint density at radius 2 is 2.36 bits per heavy atom. The van der Waals surface area contributed by atoms with Gasteiger partial charge in [-0.05, 0) is 30.2 Å². The number of carbonyl (C=O) groups is 1. The van der Waals surface area contributed by atoms with E-state index in [1.54, 1.807) is 19.2 Å². The fourth-order valence-corrected chi connectivity index (χ4v) is 1.70. The number of nitrogens with zero attached hydrogens (tertiary/aromatic N) is 1. The van der Waals surface area contributed by atoms with Gasteiger partial charge in [-0.3, -0.25) is 4.90 Å². The van der Waals surface area contributed by atoms with E-state index in [2.05, 4.69) is 0 Å². The fourth-order valence-electron chi connectivity index (χ4n) is 1.70. The maximum Gasteiger partial charge on any atom is 0.411 e. The van der Waals surface area contributed by atoms with Gasteiger partial charge in [0.25, 0.3) is 0 Å². The highest BCUT2D eigenvalue weighted by Gasteiger charge is 2.24. The number of hydrogen-bond donors (Lipinski definition) is 1. The van der Waals surface area contributed by atoms with Crippen LogP contribution in [0, 0.1) is 0 Å². The average Bonchev–Trinajstić information content (AvgIpc) is 2.59. The van der Waals surface area contributed by atoms with Gasteiger partial charge in [-0.25, -0.2) is 4.79 Å². The normalized spacial score (nSPS) is 13.9. The van der Waals surface area contributed by atoms with Crippen molar-refractivity contribution in [2.24, 2.45) is 0 Å². The zero-order valence-corrected chi connectivity index (χ0v) is 7.86. The van der Waals surface area contributed by atoms with E-state index < -0.39 is 6.09 Å². The zero-order chi connectivity index (χ0) is 10.1. The van der Waals surface area contributed by atoms with Crippen molar-refractivity contribution >= 4 is 11.8 Å².